The van der Waals surface area contributed by atoms with Crippen LogP contribution in [0, 0.1) is 6.92 Å². The molecule has 0 saturated carbocycles. The summed E-state index contributed by atoms with van der Waals surface area (Å²) in [7, 11) is -1.71. The Morgan fingerprint density at radius 3 is 2.56 bits per heavy atom. The van der Waals surface area contributed by atoms with Crippen molar-refractivity contribution in [2.45, 2.75) is 30.4 Å². The molecule has 1 fully saturated rings. The van der Waals surface area contributed by atoms with Gasteiger partial charge in [0.25, 0.3) is 0 Å². The van der Waals surface area contributed by atoms with E-state index < -0.39 is 10.0 Å². The monoisotopic (exact) mass is 384 g/mol. The largest absolute Gasteiger partial charge is 0.355 e. The second-order valence-electron chi connectivity index (χ2n) is 6.71. The van der Waals surface area contributed by atoms with E-state index >= 15 is 0 Å². The fourth-order valence-corrected chi connectivity index (χ4v) is 4.83. The van der Waals surface area contributed by atoms with Crippen molar-refractivity contribution in [1.82, 2.24) is 14.9 Å². The minimum absolute atomic E-state index is 0.197. The van der Waals surface area contributed by atoms with Crippen LogP contribution in [0.15, 0.2) is 34.2 Å². The summed E-state index contributed by atoms with van der Waals surface area (Å²) in [6, 6.07) is 6.84. The Balaban J connectivity index is 1.84. The quantitative estimate of drug-likeness (QED) is 0.459. The number of aryl methyl sites for hydroxylation is 1. The van der Waals surface area contributed by atoms with Crippen molar-refractivity contribution in [3.05, 3.63) is 29.8 Å². The highest BCUT2D eigenvalue weighted by Crippen LogP contribution is 2.29. The van der Waals surface area contributed by atoms with Gasteiger partial charge in [0.1, 0.15) is 0 Å². The number of hydrogen-bond donors (Lipinski definition) is 2. The van der Waals surface area contributed by atoms with E-state index in [0.717, 1.165) is 30.4 Å². The van der Waals surface area contributed by atoms with Gasteiger partial charge in [-0.1, -0.05) is 17.7 Å². The Labute approximate surface area is 155 Å². The number of nitrogens with one attached hydrogen (secondary N) is 2. The lowest BCUT2D eigenvalue weighted by molar-refractivity contribution is 0.376. The molecule has 1 aliphatic heterocycles. The van der Waals surface area contributed by atoms with Gasteiger partial charge in [-0.2, -0.15) is 11.8 Å². The van der Waals surface area contributed by atoms with Crippen molar-refractivity contribution in [3.8, 4) is 0 Å². The molecule has 2 N–H and O–H groups in total. The molecule has 2 rings (SSSR count). The zero-order chi connectivity index (χ0) is 18.5. The van der Waals surface area contributed by atoms with Gasteiger partial charge in [0.05, 0.1) is 4.90 Å². The average molecular weight is 385 g/mol. The lowest BCUT2D eigenvalue weighted by Gasteiger charge is -2.39. The van der Waals surface area contributed by atoms with E-state index in [-0.39, 0.29) is 9.64 Å². The summed E-state index contributed by atoms with van der Waals surface area (Å²) in [4.78, 5) is 6.84. The van der Waals surface area contributed by atoms with Crippen molar-refractivity contribution < 1.29 is 8.42 Å². The number of rotatable bonds is 5. The van der Waals surface area contributed by atoms with Crippen LogP contribution in [0.4, 0.5) is 0 Å². The molecule has 1 aromatic carbocycles. The first kappa shape index (κ1) is 20.1. The van der Waals surface area contributed by atoms with Crippen LogP contribution < -0.4 is 10.0 Å². The van der Waals surface area contributed by atoms with Gasteiger partial charge in [0.15, 0.2) is 5.96 Å². The highest BCUT2D eigenvalue weighted by Gasteiger charge is 2.28. The van der Waals surface area contributed by atoms with E-state index in [4.69, 9.17) is 0 Å². The Morgan fingerprint density at radius 2 is 1.96 bits per heavy atom. The number of thioether (sulfide) groups is 1. The molecular formula is C17H28N4O2S2. The van der Waals surface area contributed by atoms with Gasteiger partial charge in [-0.05, 0) is 32.9 Å². The van der Waals surface area contributed by atoms with Crippen LogP contribution in [-0.4, -0.2) is 63.0 Å². The zero-order valence-corrected chi connectivity index (χ0v) is 17.0. The van der Waals surface area contributed by atoms with Crippen LogP contribution in [-0.2, 0) is 10.0 Å². The highest BCUT2D eigenvalue weighted by molar-refractivity contribution is 8.00. The zero-order valence-electron chi connectivity index (χ0n) is 15.4. The molecule has 0 bridgehead atoms. The number of hydrogen-bond acceptors (Lipinski definition) is 4. The number of sulfonamides is 1. The normalized spacial score (nSPS) is 18.2. The molecule has 8 heteroatoms. The molecule has 0 aromatic heterocycles. The SMILES string of the molecule is CN=C(NCCNS(=O)(=O)c1ccc(C)cc1)N1CCSC(C)(C)C1. The van der Waals surface area contributed by atoms with Crippen LogP contribution in [0.3, 0.4) is 0 Å². The molecule has 140 valence electrons. The van der Waals surface area contributed by atoms with E-state index in [9.17, 15) is 8.42 Å². The summed E-state index contributed by atoms with van der Waals surface area (Å²) in [6.45, 7) is 9.05. The molecule has 6 nitrogen and oxygen atoms in total. The van der Waals surface area contributed by atoms with Gasteiger partial charge >= 0.3 is 0 Å². The van der Waals surface area contributed by atoms with Gasteiger partial charge in [0.2, 0.25) is 10.0 Å². The third-order valence-electron chi connectivity index (χ3n) is 3.97. The van der Waals surface area contributed by atoms with Crippen LogP contribution in [0.5, 0.6) is 0 Å². The summed E-state index contributed by atoms with van der Waals surface area (Å²) >= 11 is 1.97. The van der Waals surface area contributed by atoms with Gasteiger partial charge in [-0.25, -0.2) is 13.1 Å². The summed E-state index contributed by atoms with van der Waals surface area (Å²) in [5, 5.41) is 3.25. The van der Waals surface area contributed by atoms with E-state index in [1.165, 1.54) is 0 Å². The van der Waals surface area contributed by atoms with Crippen molar-refractivity contribution in [2.24, 2.45) is 4.99 Å². The molecule has 0 radical (unpaired) electrons. The molecule has 0 amide bonds. The number of benzene rings is 1. The molecule has 0 atom stereocenters. The third-order valence-corrected chi connectivity index (χ3v) is 6.74. The van der Waals surface area contributed by atoms with Crippen molar-refractivity contribution in [2.75, 3.05) is 39.0 Å². The maximum atomic E-state index is 12.3. The third kappa shape index (κ3) is 5.90. The second kappa shape index (κ2) is 8.42. The topological polar surface area (TPSA) is 73.8 Å². The van der Waals surface area contributed by atoms with E-state index in [1.54, 1.807) is 31.3 Å². The van der Waals surface area contributed by atoms with E-state index in [0.29, 0.717) is 13.1 Å². The molecule has 1 heterocycles. The van der Waals surface area contributed by atoms with Gasteiger partial charge in [0, 0.05) is 43.7 Å². The minimum atomic E-state index is -3.47. The molecule has 25 heavy (non-hydrogen) atoms. The molecule has 0 aliphatic carbocycles. The molecule has 0 unspecified atom stereocenters. The first-order valence-corrected chi connectivity index (χ1v) is 10.9. The van der Waals surface area contributed by atoms with Crippen LogP contribution in [0.1, 0.15) is 19.4 Å². The fourth-order valence-electron chi connectivity index (χ4n) is 2.69. The molecule has 0 spiro atoms. The summed E-state index contributed by atoms with van der Waals surface area (Å²) in [5.41, 5.74) is 1.03. The predicted octanol–water partition coefficient (Wildman–Crippen LogP) is 1.68. The first-order chi connectivity index (χ1) is 11.7. The van der Waals surface area contributed by atoms with Crippen LogP contribution in [0.25, 0.3) is 0 Å². The van der Waals surface area contributed by atoms with Crippen molar-refractivity contribution in [3.63, 3.8) is 0 Å². The lowest BCUT2D eigenvalue weighted by Crippen LogP contribution is -2.51. The Bertz CT molecular complexity index is 700. The summed E-state index contributed by atoms with van der Waals surface area (Å²) in [5.74, 6) is 1.89. The minimum Gasteiger partial charge on any atom is -0.355 e. The standard InChI is InChI=1S/C17H28N4O2S2/c1-14-5-7-15(8-6-14)25(22,23)20-10-9-19-16(18-4)21-11-12-24-17(2,3)13-21/h5-8,20H,9-13H2,1-4H3,(H,18,19). The van der Waals surface area contributed by atoms with E-state index in [1.807, 2.05) is 18.7 Å². The molecular weight excluding hydrogens is 356 g/mol. The Morgan fingerprint density at radius 1 is 1.28 bits per heavy atom. The van der Waals surface area contributed by atoms with Crippen LogP contribution >= 0.6 is 11.8 Å². The predicted molar refractivity (Wildman–Crippen MR) is 106 cm³/mol. The molecule has 1 aliphatic rings. The average Bonchev–Trinajstić information content (AvgIpc) is 2.54. The summed E-state index contributed by atoms with van der Waals surface area (Å²) < 4.78 is 27.3. The smallest absolute Gasteiger partial charge is 0.240 e. The molecule has 1 saturated heterocycles. The van der Waals surface area contributed by atoms with Crippen LogP contribution in [0.2, 0.25) is 0 Å². The first-order valence-electron chi connectivity index (χ1n) is 8.39. The maximum absolute atomic E-state index is 12.3. The second-order valence-corrected chi connectivity index (χ2v) is 10.3. The Kier molecular flexibility index (Phi) is 6.76. The van der Waals surface area contributed by atoms with Gasteiger partial charge in [-0.15, -0.1) is 0 Å². The number of aliphatic imine (C=N–C) groups is 1. The molecule has 1 aromatic rings. The van der Waals surface area contributed by atoms with Gasteiger partial charge in [-0.3, -0.25) is 4.99 Å². The Hall–Kier alpha value is -1.25. The van der Waals surface area contributed by atoms with Gasteiger partial charge < -0.3 is 10.2 Å². The highest BCUT2D eigenvalue weighted by atomic mass is 32.2. The fraction of sp³-hybridized carbons (Fsp3) is 0.588. The van der Waals surface area contributed by atoms with Crippen molar-refractivity contribution in [1.29, 1.82) is 0 Å². The maximum Gasteiger partial charge on any atom is 0.240 e. The number of guanidine groups is 1. The van der Waals surface area contributed by atoms with Crippen molar-refractivity contribution >= 4 is 27.7 Å². The van der Waals surface area contributed by atoms with E-state index in [2.05, 4.69) is 33.8 Å². The summed E-state index contributed by atoms with van der Waals surface area (Å²) in [6.07, 6.45) is 0. The number of nitrogens with zero attached hydrogens (tertiary/aromatic N) is 2. The lowest BCUT2D eigenvalue weighted by atomic mass is 10.2.